The van der Waals surface area contributed by atoms with Crippen molar-refractivity contribution >= 4 is 15.9 Å². The smallest absolute Gasteiger partial charge is 0.0246 e. The van der Waals surface area contributed by atoms with Crippen LogP contribution in [0, 0.1) is 5.92 Å². The van der Waals surface area contributed by atoms with E-state index in [-0.39, 0.29) is 0 Å². The number of piperazine rings is 1. The molecule has 0 radical (unpaired) electrons. The van der Waals surface area contributed by atoms with Crippen molar-refractivity contribution in [3.8, 4) is 0 Å². The molecule has 1 aliphatic carbocycles. The lowest BCUT2D eigenvalue weighted by Gasteiger charge is -2.35. The third-order valence-electron chi connectivity index (χ3n) is 4.57. The number of benzene rings is 1. The number of nitrogens with one attached hydrogen (secondary N) is 1. The van der Waals surface area contributed by atoms with Crippen LogP contribution in [0.15, 0.2) is 22.7 Å². The highest BCUT2D eigenvalue weighted by Crippen LogP contribution is 2.30. The summed E-state index contributed by atoms with van der Waals surface area (Å²) in [4.78, 5) is 5.24. The van der Waals surface area contributed by atoms with E-state index < -0.39 is 0 Å². The second kappa shape index (κ2) is 7.23. The van der Waals surface area contributed by atoms with Crippen LogP contribution in [0.5, 0.6) is 0 Å². The molecule has 1 aromatic carbocycles. The van der Waals surface area contributed by atoms with Crippen molar-refractivity contribution in [2.45, 2.75) is 25.9 Å². The molecule has 0 atom stereocenters. The summed E-state index contributed by atoms with van der Waals surface area (Å²) in [6.45, 7) is 8.24. The first-order valence-electron chi connectivity index (χ1n) is 8.11. The third kappa shape index (κ3) is 4.52. The zero-order chi connectivity index (χ0) is 14.7. The summed E-state index contributed by atoms with van der Waals surface area (Å²) in [7, 11) is 1.99. The Balaban J connectivity index is 1.50. The van der Waals surface area contributed by atoms with Gasteiger partial charge in [0.15, 0.2) is 0 Å². The molecule has 21 heavy (non-hydrogen) atoms. The third-order valence-corrected chi connectivity index (χ3v) is 5.31. The molecule has 4 heteroatoms. The topological polar surface area (TPSA) is 18.5 Å². The minimum absolute atomic E-state index is 0.929. The normalized spacial score (nSPS) is 20.9. The minimum atomic E-state index is 0.929. The van der Waals surface area contributed by atoms with Gasteiger partial charge in [-0.25, -0.2) is 0 Å². The van der Waals surface area contributed by atoms with Crippen LogP contribution in [0.25, 0.3) is 0 Å². The molecule has 0 amide bonds. The summed E-state index contributed by atoms with van der Waals surface area (Å²) >= 11 is 3.73. The van der Waals surface area contributed by atoms with Crippen molar-refractivity contribution in [1.82, 2.24) is 15.1 Å². The average Bonchev–Trinajstić information content (AvgIpc) is 3.28. The molecule has 3 nitrogen and oxygen atoms in total. The van der Waals surface area contributed by atoms with Crippen LogP contribution < -0.4 is 5.32 Å². The van der Waals surface area contributed by atoms with Crippen molar-refractivity contribution < 1.29 is 0 Å². The largest absolute Gasteiger partial charge is 0.316 e. The molecular weight excluding hydrogens is 326 g/mol. The Hall–Kier alpha value is -0.420. The van der Waals surface area contributed by atoms with Gasteiger partial charge in [-0.15, -0.1) is 0 Å². The fraction of sp³-hybridized carbons (Fsp3) is 0.647. The van der Waals surface area contributed by atoms with Crippen LogP contribution in [0.4, 0.5) is 0 Å². The highest BCUT2D eigenvalue weighted by atomic mass is 79.9. The summed E-state index contributed by atoms with van der Waals surface area (Å²) in [5.74, 6) is 1.02. The molecule has 3 rings (SSSR count). The molecular formula is C17H26BrN3. The van der Waals surface area contributed by atoms with Gasteiger partial charge in [0.1, 0.15) is 0 Å². The predicted octanol–water partition coefficient (Wildman–Crippen LogP) is 2.70. The molecule has 0 unspecified atom stereocenters. The number of rotatable bonds is 6. The standard InChI is InChI=1S/C17H26BrN3/c1-19-11-15-4-5-16(17(18)10-15)13-21-8-6-20(7-9-21)12-14-2-3-14/h4-5,10,14,19H,2-3,6-9,11-13H2,1H3. The van der Waals surface area contributed by atoms with Crippen LogP contribution in [-0.4, -0.2) is 49.6 Å². The molecule has 2 fully saturated rings. The SMILES string of the molecule is CNCc1ccc(CN2CCN(CC3CC3)CC2)c(Br)c1. The van der Waals surface area contributed by atoms with Crippen molar-refractivity contribution in [3.05, 3.63) is 33.8 Å². The lowest BCUT2D eigenvalue weighted by Crippen LogP contribution is -2.46. The van der Waals surface area contributed by atoms with Crippen LogP contribution in [-0.2, 0) is 13.1 Å². The molecule has 1 saturated carbocycles. The molecule has 116 valence electrons. The first-order chi connectivity index (χ1) is 10.2. The number of halogens is 1. The van der Waals surface area contributed by atoms with E-state index in [9.17, 15) is 0 Å². The van der Waals surface area contributed by atoms with E-state index in [1.54, 1.807) is 0 Å². The Morgan fingerprint density at radius 2 is 1.86 bits per heavy atom. The fourth-order valence-corrected chi connectivity index (χ4v) is 3.62. The monoisotopic (exact) mass is 351 g/mol. The van der Waals surface area contributed by atoms with Gasteiger partial charge in [0, 0.05) is 50.3 Å². The first kappa shape index (κ1) is 15.5. The maximum absolute atomic E-state index is 3.73. The maximum atomic E-state index is 3.73. The number of hydrogen-bond acceptors (Lipinski definition) is 3. The Morgan fingerprint density at radius 3 is 2.48 bits per heavy atom. The molecule has 2 aliphatic rings. The Bertz CT molecular complexity index is 465. The fourth-order valence-electron chi connectivity index (χ4n) is 3.07. The predicted molar refractivity (Wildman–Crippen MR) is 91.3 cm³/mol. The van der Waals surface area contributed by atoms with Crippen molar-refractivity contribution in [3.63, 3.8) is 0 Å². The van der Waals surface area contributed by atoms with E-state index in [4.69, 9.17) is 0 Å². The number of hydrogen-bond donors (Lipinski definition) is 1. The molecule has 1 heterocycles. The Morgan fingerprint density at radius 1 is 1.14 bits per heavy atom. The van der Waals surface area contributed by atoms with Gasteiger partial charge in [-0.2, -0.15) is 0 Å². The van der Waals surface area contributed by atoms with Crippen LogP contribution in [0.1, 0.15) is 24.0 Å². The lowest BCUT2D eigenvalue weighted by molar-refractivity contribution is 0.123. The van der Waals surface area contributed by atoms with Crippen molar-refractivity contribution in [1.29, 1.82) is 0 Å². The summed E-state index contributed by atoms with van der Waals surface area (Å²) < 4.78 is 1.25. The van der Waals surface area contributed by atoms with E-state index in [1.165, 1.54) is 61.2 Å². The van der Waals surface area contributed by atoms with Crippen LogP contribution in [0.2, 0.25) is 0 Å². The summed E-state index contributed by atoms with van der Waals surface area (Å²) in [5, 5.41) is 3.20. The van der Waals surface area contributed by atoms with E-state index in [0.717, 1.165) is 19.0 Å². The molecule has 1 N–H and O–H groups in total. The van der Waals surface area contributed by atoms with E-state index >= 15 is 0 Å². The second-order valence-corrected chi connectivity index (χ2v) is 7.33. The van der Waals surface area contributed by atoms with Gasteiger partial charge >= 0.3 is 0 Å². The van der Waals surface area contributed by atoms with Gasteiger partial charge in [0.25, 0.3) is 0 Å². The zero-order valence-corrected chi connectivity index (χ0v) is 14.5. The first-order valence-corrected chi connectivity index (χ1v) is 8.90. The quantitative estimate of drug-likeness (QED) is 0.849. The van der Waals surface area contributed by atoms with Gasteiger partial charge in [-0.1, -0.05) is 28.1 Å². The Kier molecular flexibility index (Phi) is 5.33. The minimum Gasteiger partial charge on any atom is -0.316 e. The summed E-state index contributed by atoms with van der Waals surface area (Å²) in [5.41, 5.74) is 2.74. The molecule has 0 bridgehead atoms. The molecule has 1 aromatic rings. The van der Waals surface area contributed by atoms with Crippen molar-refractivity contribution in [2.24, 2.45) is 5.92 Å². The van der Waals surface area contributed by atoms with Gasteiger partial charge in [0.05, 0.1) is 0 Å². The number of nitrogens with zero attached hydrogens (tertiary/aromatic N) is 2. The van der Waals surface area contributed by atoms with Crippen LogP contribution >= 0.6 is 15.9 Å². The molecule has 0 aromatic heterocycles. The Labute approximate surface area is 136 Å². The second-order valence-electron chi connectivity index (χ2n) is 6.48. The maximum Gasteiger partial charge on any atom is 0.0246 e. The van der Waals surface area contributed by atoms with Crippen LogP contribution in [0.3, 0.4) is 0 Å². The van der Waals surface area contributed by atoms with E-state index in [1.807, 2.05) is 7.05 Å². The lowest BCUT2D eigenvalue weighted by atomic mass is 10.1. The average molecular weight is 352 g/mol. The molecule has 1 saturated heterocycles. The van der Waals surface area contributed by atoms with Gasteiger partial charge in [-0.05, 0) is 43.0 Å². The molecule has 1 aliphatic heterocycles. The van der Waals surface area contributed by atoms with E-state index in [2.05, 4.69) is 49.2 Å². The van der Waals surface area contributed by atoms with Gasteiger partial charge < -0.3 is 10.2 Å². The zero-order valence-electron chi connectivity index (χ0n) is 12.9. The highest BCUT2D eigenvalue weighted by Gasteiger charge is 2.26. The highest BCUT2D eigenvalue weighted by molar-refractivity contribution is 9.10. The van der Waals surface area contributed by atoms with Crippen molar-refractivity contribution in [2.75, 3.05) is 39.8 Å². The van der Waals surface area contributed by atoms with Gasteiger partial charge in [-0.3, -0.25) is 4.90 Å². The van der Waals surface area contributed by atoms with Gasteiger partial charge in [0.2, 0.25) is 0 Å². The summed E-state index contributed by atoms with van der Waals surface area (Å²) in [6.07, 6.45) is 2.93. The van der Waals surface area contributed by atoms with E-state index in [0.29, 0.717) is 0 Å². The molecule has 0 spiro atoms. The summed E-state index contributed by atoms with van der Waals surface area (Å²) in [6, 6.07) is 6.75.